The SMILES string of the molecule is Cc1nnc(S[C@@H](C)C(=O)Nc2nc(-c3ccccc3)cs2)n1N. The molecule has 7 nitrogen and oxygen atoms in total. The second-order valence-corrected chi connectivity index (χ2v) is 7.22. The molecule has 3 N–H and O–H groups in total. The first-order chi connectivity index (χ1) is 11.5. The van der Waals surface area contributed by atoms with E-state index in [0.717, 1.165) is 11.3 Å². The average Bonchev–Trinajstić information content (AvgIpc) is 3.17. The Hall–Kier alpha value is -2.39. The maximum Gasteiger partial charge on any atom is 0.239 e. The molecular weight excluding hydrogens is 344 g/mol. The van der Waals surface area contributed by atoms with Gasteiger partial charge in [0.15, 0.2) is 5.13 Å². The summed E-state index contributed by atoms with van der Waals surface area (Å²) in [6, 6.07) is 9.83. The van der Waals surface area contributed by atoms with Crippen LogP contribution in [0.3, 0.4) is 0 Å². The summed E-state index contributed by atoms with van der Waals surface area (Å²) in [5.74, 6) is 6.24. The smallest absolute Gasteiger partial charge is 0.239 e. The van der Waals surface area contributed by atoms with E-state index in [2.05, 4.69) is 20.5 Å². The molecule has 1 atom stereocenters. The minimum Gasteiger partial charge on any atom is -0.336 e. The van der Waals surface area contributed by atoms with E-state index in [4.69, 9.17) is 5.84 Å². The maximum atomic E-state index is 12.3. The molecule has 0 aliphatic carbocycles. The van der Waals surface area contributed by atoms with Crippen LogP contribution in [0.25, 0.3) is 11.3 Å². The van der Waals surface area contributed by atoms with Gasteiger partial charge >= 0.3 is 0 Å². The number of hydrogen-bond donors (Lipinski definition) is 2. The van der Waals surface area contributed by atoms with E-state index in [1.807, 2.05) is 35.7 Å². The van der Waals surface area contributed by atoms with Gasteiger partial charge in [0.1, 0.15) is 5.82 Å². The Morgan fingerprint density at radius 1 is 1.33 bits per heavy atom. The first-order valence-corrected chi connectivity index (χ1v) is 8.96. The van der Waals surface area contributed by atoms with Crippen LogP contribution in [0.1, 0.15) is 12.7 Å². The fourth-order valence-corrected chi connectivity index (χ4v) is 3.46. The largest absolute Gasteiger partial charge is 0.336 e. The van der Waals surface area contributed by atoms with E-state index < -0.39 is 0 Å². The number of benzene rings is 1. The summed E-state index contributed by atoms with van der Waals surface area (Å²) < 4.78 is 1.37. The third-order valence-electron chi connectivity index (χ3n) is 3.29. The fraction of sp³-hybridized carbons (Fsp3) is 0.200. The lowest BCUT2D eigenvalue weighted by Crippen LogP contribution is -2.23. The number of thioether (sulfide) groups is 1. The highest BCUT2D eigenvalue weighted by molar-refractivity contribution is 8.00. The van der Waals surface area contributed by atoms with Gasteiger partial charge in [-0.15, -0.1) is 21.5 Å². The minimum absolute atomic E-state index is 0.158. The molecule has 0 unspecified atom stereocenters. The lowest BCUT2D eigenvalue weighted by Gasteiger charge is -2.09. The topological polar surface area (TPSA) is 98.7 Å². The highest BCUT2D eigenvalue weighted by atomic mass is 32.2. The van der Waals surface area contributed by atoms with E-state index in [0.29, 0.717) is 16.1 Å². The van der Waals surface area contributed by atoms with Crippen LogP contribution in [0.4, 0.5) is 5.13 Å². The standard InChI is InChI=1S/C15H16N6OS2/c1-9(24-15-20-19-10(2)21(15)16)13(22)18-14-17-12(8-23-14)11-6-4-3-5-7-11/h3-9H,16H2,1-2H3,(H,17,18,22)/t9-/m0/s1. The number of amides is 1. The molecule has 2 aromatic heterocycles. The highest BCUT2D eigenvalue weighted by Gasteiger charge is 2.19. The number of carbonyl (C=O) groups excluding carboxylic acids is 1. The Bertz CT molecular complexity index is 845. The zero-order valence-corrected chi connectivity index (χ0v) is 14.8. The number of rotatable bonds is 5. The van der Waals surface area contributed by atoms with Gasteiger partial charge in [-0.25, -0.2) is 9.66 Å². The summed E-state index contributed by atoms with van der Waals surface area (Å²) >= 11 is 2.64. The molecule has 3 aromatic rings. The van der Waals surface area contributed by atoms with Gasteiger partial charge in [0.05, 0.1) is 10.9 Å². The van der Waals surface area contributed by atoms with Crippen molar-refractivity contribution < 1.29 is 4.79 Å². The number of hydrogen-bond acceptors (Lipinski definition) is 7. The molecule has 1 amide bonds. The molecule has 1 aromatic carbocycles. The van der Waals surface area contributed by atoms with Gasteiger partial charge in [-0.1, -0.05) is 42.1 Å². The quantitative estimate of drug-likeness (QED) is 0.536. The first-order valence-electron chi connectivity index (χ1n) is 7.20. The van der Waals surface area contributed by atoms with Crippen LogP contribution in [-0.4, -0.2) is 31.0 Å². The molecule has 24 heavy (non-hydrogen) atoms. The van der Waals surface area contributed by atoms with E-state index >= 15 is 0 Å². The zero-order valence-electron chi connectivity index (χ0n) is 13.1. The average molecular weight is 360 g/mol. The summed E-state index contributed by atoms with van der Waals surface area (Å²) in [7, 11) is 0. The van der Waals surface area contributed by atoms with Crippen molar-refractivity contribution in [2.75, 3.05) is 11.2 Å². The molecule has 0 aliphatic heterocycles. The number of nitrogens with zero attached hydrogens (tertiary/aromatic N) is 4. The number of carbonyl (C=O) groups is 1. The highest BCUT2D eigenvalue weighted by Crippen LogP contribution is 2.26. The summed E-state index contributed by atoms with van der Waals surface area (Å²) in [4.78, 5) is 16.8. The number of anilines is 1. The third-order valence-corrected chi connectivity index (χ3v) is 5.10. The molecule has 0 spiro atoms. The van der Waals surface area contributed by atoms with Crippen molar-refractivity contribution in [2.24, 2.45) is 0 Å². The summed E-state index contributed by atoms with van der Waals surface area (Å²) in [5.41, 5.74) is 1.86. The van der Waals surface area contributed by atoms with Crippen molar-refractivity contribution in [1.82, 2.24) is 19.9 Å². The Morgan fingerprint density at radius 3 is 2.75 bits per heavy atom. The number of nitrogen functional groups attached to an aromatic ring is 1. The molecule has 0 saturated heterocycles. The Balaban J connectivity index is 1.64. The normalized spacial score (nSPS) is 12.1. The van der Waals surface area contributed by atoms with Gasteiger partial charge in [0, 0.05) is 10.9 Å². The van der Waals surface area contributed by atoms with Crippen molar-refractivity contribution >= 4 is 34.1 Å². The predicted molar refractivity (Wildman–Crippen MR) is 96.4 cm³/mol. The maximum absolute atomic E-state index is 12.3. The van der Waals surface area contributed by atoms with Crippen molar-refractivity contribution in [2.45, 2.75) is 24.3 Å². The molecule has 3 rings (SSSR count). The van der Waals surface area contributed by atoms with E-state index in [-0.39, 0.29) is 11.2 Å². The van der Waals surface area contributed by atoms with E-state index in [9.17, 15) is 4.79 Å². The second kappa shape index (κ2) is 7.02. The Kier molecular flexibility index (Phi) is 4.81. The molecule has 124 valence electrons. The molecule has 9 heteroatoms. The van der Waals surface area contributed by atoms with Crippen LogP contribution in [0.5, 0.6) is 0 Å². The molecule has 0 aliphatic rings. The van der Waals surface area contributed by atoms with Crippen LogP contribution in [0.2, 0.25) is 0 Å². The number of nitrogens with one attached hydrogen (secondary N) is 1. The van der Waals surface area contributed by atoms with Gasteiger partial charge in [-0.2, -0.15) is 0 Å². The van der Waals surface area contributed by atoms with Crippen molar-refractivity contribution in [3.05, 3.63) is 41.5 Å². The molecule has 0 fully saturated rings. The van der Waals surface area contributed by atoms with Gasteiger partial charge in [-0.3, -0.25) is 4.79 Å². The summed E-state index contributed by atoms with van der Waals surface area (Å²) in [5, 5.41) is 13.3. The predicted octanol–water partition coefficient (Wildman–Crippen LogP) is 2.54. The lowest BCUT2D eigenvalue weighted by molar-refractivity contribution is -0.115. The van der Waals surface area contributed by atoms with Gasteiger partial charge in [0.2, 0.25) is 11.1 Å². The second-order valence-electron chi connectivity index (χ2n) is 5.05. The summed E-state index contributed by atoms with van der Waals surface area (Å²) in [6.45, 7) is 3.54. The number of aryl methyl sites for hydroxylation is 1. The van der Waals surface area contributed by atoms with Gasteiger partial charge in [-0.05, 0) is 13.8 Å². The number of thiazole rings is 1. The van der Waals surface area contributed by atoms with E-state index in [1.54, 1.807) is 13.8 Å². The molecule has 0 saturated carbocycles. The molecular formula is C15H16N6OS2. The van der Waals surface area contributed by atoms with Gasteiger partial charge < -0.3 is 11.2 Å². The van der Waals surface area contributed by atoms with Crippen molar-refractivity contribution in [1.29, 1.82) is 0 Å². The third kappa shape index (κ3) is 3.57. The van der Waals surface area contributed by atoms with Crippen LogP contribution >= 0.6 is 23.1 Å². The van der Waals surface area contributed by atoms with Crippen molar-refractivity contribution in [3.8, 4) is 11.3 Å². The van der Waals surface area contributed by atoms with Crippen LogP contribution in [0, 0.1) is 6.92 Å². The monoisotopic (exact) mass is 360 g/mol. The number of nitrogens with two attached hydrogens (primary N) is 1. The van der Waals surface area contributed by atoms with Gasteiger partial charge in [0.25, 0.3) is 0 Å². The zero-order chi connectivity index (χ0) is 17.1. The Labute approximate surface area is 147 Å². The summed E-state index contributed by atoms with van der Waals surface area (Å²) in [6.07, 6.45) is 0. The van der Waals surface area contributed by atoms with Crippen LogP contribution in [0.15, 0.2) is 40.9 Å². The molecule has 0 radical (unpaired) electrons. The minimum atomic E-state index is -0.375. The van der Waals surface area contributed by atoms with E-state index in [1.165, 1.54) is 27.8 Å². The van der Waals surface area contributed by atoms with Crippen LogP contribution in [-0.2, 0) is 4.79 Å². The first kappa shape index (κ1) is 16.5. The molecule has 0 bridgehead atoms. The Morgan fingerprint density at radius 2 is 2.08 bits per heavy atom. The van der Waals surface area contributed by atoms with Crippen molar-refractivity contribution in [3.63, 3.8) is 0 Å². The van der Waals surface area contributed by atoms with Crippen LogP contribution < -0.4 is 11.2 Å². The molecule has 2 heterocycles. The lowest BCUT2D eigenvalue weighted by atomic mass is 10.2. The number of aromatic nitrogens is 4. The fourth-order valence-electron chi connectivity index (χ4n) is 1.92.